The predicted octanol–water partition coefficient (Wildman–Crippen LogP) is 2.14. The van der Waals surface area contributed by atoms with Crippen molar-refractivity contribution in [2.75, 3.05) is 23.9 Å². The van der Waals surface area contributed by atoms with E-state index in [9.17, 15) is 14.4 Å². The van der Waals surface area contributed by atoms with Gasteiger partial charge in [-0.1, -0.05) is 13.3 Å². The van der Waals surface area contributed by atoms with Gasteiger partial charge in [-0.2, -0.15) is 0 Å². The number of amides is 2. The average Bonchev–Trinajstić information content (AvgIpc) is 2.58. The lowest BCUT2D eigenvalue weighted by atomic mass is 10.1. The Hall–Kier alpha value is -2.08. The summed E-state index contributed by atoms with van der Waals surface area (Å²) in [6, 6.07) is 4.77. The van der Waals surface area contributed by atoms with Crippen molar-refractivity contribution in [2.24, 2.45) is 0 Å². The number of Topliss-reactive ketones (excluding diaryl/α,β-unsaturated/α-hetero) is 1. The van der Waals surface area contributed by atoms with Gasteiger partial charge in [-0.3, -0.25) is 19.3 Å². The van der Waals surface area contributed by atoms with E-state index in [4.69, 9.17) is 16.3 Å². The Bertz CT molecular complexity index is 647. The second-order valence-electron chi connectivity index (χ2n) is 5.63. The van der Waals surface area contributed by atoms with E-state index < -0.39 is 6.10 Å². The molecule has 6 nitrogen and oxygen atoms in total. The minimum atomic E-state index is -0.685. The Morgan fingerprint density at radius 3 is 2.79 bits per heavy atom. The maximum absolute atomic E-state index is 12.4. The molecule has 0 fully saturated rings. The van der Waals surface area contributed by atoms with E-state index in [1.54, 1.807) is 25.1 Å². The number of halogens is 1. The maximum Gasteiger partial charge on any atom is 0.268 e. The summed E-state index contributed by atoms with van der Waals surface area (Å²) in [6.45, 7) is 4.12. The molecular formula is C17H21ClN2O4. The van der Waals surface area contributed by atoms with Crippen molar-refractivity contribution in [1.29, 1.82) is 0 Å². The molecule has 24 heavy (non-hydrogen) atoms. The molecule has 1 aliphatic heterocycles. The lowest BCUT2D eigenvalue weighted by molar-refractivity contribution is -0.128. The van der Waals surface area contributed by atoms with Gasteiger partial charge in [0.15, 0.2) is 11.9 Å². The minimum Gasteiger partial charge on any atom is -0.479 e. The van der Waals surface area contributed by atoms with Crippen molar-refractivity contribution < 1.29 is 19.1 Å². The summed E-state index contributed by atoms with van der Waals surface area (Å²) in [6.07, 6.45) is 1.17. The van der Waals surface area contributed by atoms with Gasteiger partial charge in [0, 0.05) is 12.1 Å². The van der Waals surface area contributed by atoms with Gasteiger partial charge >= 0.3 is 0 Å². The first-order valence-electron chi connectivity index (χ1n) is 7.95. The molecule has 2 rings (SSSR count). The first-order chi connectivity index (χ1) is 11.5. The molecule has 0 radical (unpaired) electrons. The number of hydrogen-bond donors (Lipinski definition) is 1. The number of rotatable bonds is 7. The van der Waals surface area contributed by atoms with E-state index in [2.05, 4.69) is 5.32 Å². The summed E-state index contributed by atoms with van der Waals surface area (Å²) in [4.78, 5) is 37.7. The van der Waals surface area contributed by atoms with Crippen LogP contribution in [0.2, 0.25) is 0 Å². The van der Waals surface area contributed by atoms with Crippen LogP contribution >= 0.6 is 11.6 Å². The molecule has 0 spiro atoms. The number of carbonyl (C=O) groups is 3. The highest BCUT2D eigenvalue weighted by Crippen LogP contribution is 2.35. The van der Waals surface area contributed by atoms with Crippen LogP contribution in [0, 0.1) is 0 Å². The first kappa shape index (κ1) is 18.3. The van der Waals surface area contributed by atoms with E-state index in [-0.39, 0.29) is 30.0 Å². The fraction of sp³-hybridized carbons (Fsp3) is 0.471. The number of fused-ring (bicyclic) bond motifs is 1. The van der Waals surface area contributed by atoms with E-state index >= 15 is 0 Å². The molecule has 1 N–H and O–H groups in total. The summed E-state index contributed by atoms with van der Waals surface area (Å²) in [5.74, 6) is -0.497. The second kappa shape index (κ2) is 8.15. The topological polar surface area (TPSA) is 75.7 Å². The van der Waals surface area contributed by atoms with Crippen LogP contribution in [0.25, 0.3) is 0 Å². The molecule has 1 atom stereocenters. The van der Waals surface area contributed by atoms with Crippen LogP contribution in [0.1, 0.15) is 37.0 Å². The van der Waals surface area contributed by atoms with Gasteiger partial charge in [-0.25, -0.2) is 0 Å². The van der Waals surface area contributed by atoms with Gasteiger partial charge < -0.3 is 10.1 Å². The zero-order chi connectivity index (χ0) is 17.7. The van der Waals surface area contributed by atoms with Crippen LogP contribution in [0.4, 0.5) is 5.69 Å². The number of ether oxygens (including phenoxy) is 1. The SMILES string of the molecule is CCCCNC(=O)CN1C(=O)C(C)Oc2ccc(C(=O)CCl)cc21. The number of benzene rings is 1. The molecule has 1 aliphatic rings. The molecule has 0 aromatic heterocycles. The summed E-state index contributed by atoms with van der Waals surface area (Å²) in [7, 11) is 0. The van der Waals surface area contributed by atoms with Crippen molar-refractivity contribution in [3.05, 3.63) is 23.8 Å². The third-order valence-corrected chi connectivity index (χ3v) is 4.01. The van der Waals surface area contributed by atoms with Crippen LogP contribution in [0.15, 0.2) is 18.2 Å². The average molecular weight is 353 g/mol. The number of hydrogen-bond acceptors (Lipinski definition) is 4. The lowest BCUT2D eigenvalue weighted by Gasteiger charge is -2.32. The Morgan fingerprint density at radius 2 is 2.12 bits per heavy atom. The van der Waals surface area contributed by atoms with Crippen LogP contribution in [-0.2, 0) is 9.59 Å². The normalized spacial score (nSPS) is 16.4. The number of ketones is 1. The fourth-order valence-electron chi connectivity index (χ4n) is 2.42. The van der Waals surface area contributed by atoms with Crippen LogP contribution in [-0.4, -0.2) is 42.7 Å². The largest absolute Gasteiger partial charge is 0.479 e. The Kier molecular flexibility index (Phi) is 6.20. The van der Waals surface area contributed by atoms with Gasteiger partial charge in [0.25, 0.3) is 5.91 Å². The number of carbonyl (C=O) groups excluding carboxylic acids is 3. The smallest absolute Gasteiger partial charge is 0.268 e. The van der Waals surface area contributed by atoms with E-state index in [0.717, 1.165) is 12.8 Å². The molecule has 1 unspecified atom stereocenters. The van der Waals surface area contributed by atoms with E-state index in [0.29, 0.717) is 23.5 Å². The summed E-state index contributed by atoms with van der Waals surface area (Å²) in [5.41, 5.74) is 0.797. The molecule has 130 valence electrons. The third kappa shape index (κ3) is 4.06. The second-order valence-corrected chi connectivity index (χ2v) is 5.89. The molecule has 0 aliphatic carbocycles. The zero-order valence-corrected chi connectivity index (χ0v) is 14.6. The highest BCUT2D eigenvalue weighted by molar-refractivity contribution is 6.30. The molecule has 7 heteroatoms. The fourth-order valence-corrected chi connectivity index (χ4v) is 2.58. The molecule has 2 amide bonds. The summed E-state index contributed by atoms with van der Waals surface area (Å²) < 4.78 is 5.56. The van der Waals surface area contributed by atoms with Crippen molar-refractivity contribution >= 4 is 34.9 Å². The van der Waals surface area contributed by atoms with Gasteiger partial charge in [0.2, 0.25) is 5.91 Å². The predicted molar refractivity (Wildman–Crippen MR) is 91.9 cm³/mol. The Labute approximate surface area is 146 Å². The molecular weight excluding hydrogens is 332 g/mol. The molecule has 0 saturated heterocycles. The number of nitrogens with one attached hydrogen (secondary N) is 1. The maximum atomic E-state index is 12.4. The van der Waals surface area contributed by atoms with E-state index in [1.807, 2.05) is 6.92 Å². The lowest BCUT2D eigenvalue weighted by Crippen LogP contribution is -2.49. The molecule has 0 saturated carbocycles. The number of unbranched alkanes of at least 4 members (excludes halogenated alkanes) is 1. The third-order valence-electron chi connectivity index (χ3n) is 3.76. The minimum absolute atomic E-state index is 0.109. The summed E-state index contributed by atoms with van der Waals surface area (Å²) >= 11 is 5.59. The highest BCUT2D eigenvalue weighted by atomic mass is 35.5. The molecule has 1 aromatic carbocycles. The van der Waals surface area contributed by atoms with E-state index in [1.165, 1.54) is 4.90 Å². The first-order valence-corrected chi connectivity index (χ1v) is 8.49. The van der Waals surface area contributed by atoms with Gasteiger partial charge in [0.1, 0.15) is 12.3 Å². The quantitative estimate of drug-likeness (QED) is 0.463. The zero-order valence-electron chi connectivity index (χ0n) is 13.8. The monoisotopic (exact) mass is 352 g/mol. The van der Waals surface area contributed by atoms with Gasteiger partial charge in [-0.15, -0.1) is 11.6 Å². The van der Waals surface area contributed by atoms with Crippen molar-refractivity contribution in [3.8, 4) is 5.75 Å². The summed E-state index contributed by atoms with van der Waals surface area (Å²) in [5, 5.41) is 2.78. The van der Waals surface area contributed by atoms with Crippen molar-refractivity contribution in [3.63, 3.8) is 0 Å². The van der Waals surface area contributed by atoms with Gasteiger partial charge in [-0.05, 0) is 31.5 Å². The van der Waals surface area contributed by atoms with Crippen molar-refractivity contribution in [1.82, 2.24) is 5.32 Å². The standard InChI is InChI=1S/C17H21ClN2O4/c1-3-4-7-19-16(22)10-20-13-8-12(14(21)9-18)5-6-15(13)24-11(2)17(20)23/h5-6,8,11H,3-4,7,9-10H2,1-2H3,(H,19,22). The number of alkyl halides is 1. The number of anilines is 1. The van der Waals surface area contributed by atoms with Crippen LogP contribution < -0.4 is 15.0 Å². The molecule has 1 heterocycles. The Balaban J connectivity index is 2.25. The molecule has 0 bridgehead atoms. The van der Waals surface area contributed by atoms with Crippen molar-refractivity contribution in [2.45, 2.75) is 32.8 Å². The number of nitrogens with zero attached hydrogens (tertiary/aromatic N) is 1. The van der Waals surface area contributed by atoms with Crippen LogP contribution in [0.5, 0.6) is 5.75 Å². The van der Waals surface area contributed by atoms with Crippen LogP contribution in [0.3, 0.4) is 0 Å². The van der Waals surface area contributed by atoms with Gasteiger partial charge in [0.05, 0.1) is 11.6 Å². The molecule has 1 aromatic rings. The highest BCUT2D eigenvalue weighted by Gasteiger charge is 2.33. The Morgan fingerprint density at radius 1 is 1.38 bits per heavy atom.